The van der Waals surface area contributed by atoms with Crippen molar-refractivity contribution in [3.8, 4) is 33.3 Å². The number of ether oxygens (including phenoxy) is 2. The van der Waals surface area contributed by atoms with Gasteiger partial charge in [-0.15, -0.1) is 11.3 Å². The number of hydrogen-bond acceptors (Lipinski definition) is 6. The molecule has 3 aromatic rings. The van der Waals surface area contributed by atoms with E-state index in [-0.39, 0.29) is 0 Å². The van der Waals surface area contributed by atoms with Gasteiger partial charge in [-0.3, -0.25) is 0 Å². The Bertz CT molecular complexity index is 780. The minimum Gasteiger partial charge on any atom is -0.486 e. The molecule has 3 heterocycles. The molecule has 0 unspecified atom stereocenters. The van der Waals surface area contributed by atoms with Gasteiger partial charge in [-0.1, -0.05) is 17.3 Å². The fourth-order valence-electron chi connectivity index (χ4n) is 2.40. The Morgan fingerprint density at radius 1 is 1.10 bits per heavy atom. The van der Waals surface area contributed by atoms with E-state index < -0.39 is 0 Å². The average Bonchev–Trinajstić information content (AvgIpc) is 3.16. The van der Waals surface area contributed by atoms with E-state index in [0.717, 1.165) is 16.0 Å². The second-order valence-corrected chi connectivity index (χ2v) is 5.53. The number of aromatic nitrogens is 1. The molecule has 1 aromatic carbocycles. The SMILES string of the molecule is Nc1noc(-c2cccc3c2OCCO3)c1-c1cccs1. The first-order valence-electron chi connectivity index (χ1n) is 6.52. The molecule has 21 heavy (non-hydrogen) atoms. The van der Waals surface area contributed by atoms with Crippen LogP contribution in [0.4, 0.5) is 5.82 Å². The molecule has 0 radical (unpaired) electrons. The third-order valence-electron chi connectivity index (χ3n) is 3.30. The van der Waals surface area contributed by atoms with Crippen molar-refractivity contribution in [3.05, 3.63) is 35.7 Å². The second kappa shape index (κ2) is 4.82. The van der Waals surface area contributed by atoms with Gasteiger partial charge in [0.15, 0.2) is 23.1 Å². The molecule has 0 spiro atoms. The Morgan fingerprint density at radius 3 is 2.86 bits per heavy atom. The number of rotatable bonds is 2. The number of anilines is 1. The van der Waals surface area contributed by atoms with Gasteiger partial charge in [-0.05, 0) is 23.6 Å². The van der Waals surface area contributed by atoms with Gasteiger partial charge in [0.1, 0.15) is 13.2 Å². The standard InChI is InChI=1S/C15H12N2O3S/c16-15-12(11-5-2-8-21-11)14(20-17-15)9-3-1-4-10-13(9)19-7-6-18-10/h1-5,8H,6-7H2,(H2,16,17). The number of thiophene rings is 1. The number of benzene rings is 1. The fraction of sp³-hybridized carbons (Fsp3) is 0.133. The molecule has 0 saturated heterocycles. The highest BCUT2D eigenvalue weighted by Crippen LogP contribution is 2.45. The molecule has 0 aliphatic carbocycles. The molecule has 4 rings (SSSR count). The van der Waals surface area contributed by atoms with E-state index in [1.807, 2.05) is 35.7 Å². The molecular formula is C15H12N2O3S. The van der Waals surface area contributed by atoms with E-state index in [0.29, 0.717) is 36.3 Å². The van der Waals surface area contributed by atoms with Crippen molar-refractivity contribution in [2.45, 2.75) is 0 Å². The van der Waals surface area contributed by atoms with Crippen molar-refractivity contribution < 1.29 is 14.0 Å². The lowest BCUT2D eigenvalue weighted by molar-refractivity contribution is 0.172. The number of fused-ring (bicyclic) bond motifs is 1. The third-order valence-corrected chi connectivity index (χ3v) is 4.18. The maximum Gasteiger partial charge on any atom is 0.181 e. The van der Waals surface area contributed by atoms with E-state index in [1.54, 1.807) is 11.3 Å². The highest BCUT2D eigenvalue weighted by Gasteiger charge is 2.24. The Hall–Kier alpha value is -2.47. The first-order valence-corrected chi connectivity index (χ1v) is 7.40. The molecule has 0 bridgehead atoms. The number of nitrogens with zero attached hydrogens (tertiary/aromatic N) is 1. The van der Waals surface area contributed by atoms with Gasteiger partial charge in [-0.2, -0.15) is 0 Å². The normalized spacial score (nSPS) is 13.3. The van der Waals surface area contributed by atoms with E-state index in [4.69, 9.17) is 19.7 Å². The molecule has 0 amide bonds. The predicted molar refractivity (Wildman–Crippen MR) is 80.7 cm³/mol. The minimum absolute atomic E-state index is 0.377. The number of hydrogen-bond donors (Lipinski definition) is 1. The van der Waals surface area contributed by atoms with Crippen molar-refractivity contribution in [1.82, 2.24) is 5.16 Å². The quantitative estimate of drug-likeness (QED) is 0.785. The monoisotopic (exact) mass is 300 g/mol. The number of nitrogen functional groups attached to an aromatic ring is 1. The molecule has 0 fully saturated rings. The van der Waals surface area contributed by atoms with E-state index in [2.05, 4.69) is 5.16 Å². The van der Waals surface area contributed by atoms with Crippen molar-refractivity contribution in [2.24, 2.45) is 0 Å². The van der Waals surface area contributed by atoms with Crippen LogP contribution >= 0.6 is 11.3 Å². The van der Waals surface area contributed by atoms with Gasteiger partial charge in [0.25, 0.3) is 0 Å². The van der Waals surface area contributed by atoms with Crippen LogP contribution in [-0.4, -0.2) is 18.4 Å². The Morgan fingerprint density at radius 2 is 2.00 bits per heavy atom. The van der Waals surface area contributed by atoms with Gasteiger partial charge in [-0.25, -0.2) is 0 Å². The van der Waals surface area contributed by atoms with E-state index in [9.17, 15) is 0 Å². The van der Waals surface area contributed by atoms with Crippen molar-refractivity contribution in [2.75, 3.05) is 18.9 Å². The van der Waals surface area contributed by atoms with Crippen LogP contribution in [-0.2, 0) is 0 Å². The summed E-state index contributed by atoms with van der Waals surface area (Å²) in [5, 5.41) is 5.90. The summed E-state index contributed by atoms with van der Waals surface area (Å²) in [5.41, 5.74) is 7.58. The van der Waals surface area contributed by atoms with Crippen molar-refractivity contribution >= 4 is 17.2 Å². The van der Waals surface area contributed by atoms with Gasteiger partial charge in [0.05, 0.1) is 11.1 Å². The maximum atomic E-state index is 5.98. The molecular weight excluding hydrogens is 288 g/mol. The maximum absolute atomic E-state index is 5.98. The van der Waals surface area contributed by atoms with Crippen molar-refractivity contribution in [1.29, 1.82) is 0 Å². The van der Waals surface area contributed by atoms with Crippen LogP contribution in [0, 0.1) is 0 Å². The van der Waals surface area contributed by atoms with Crippen LogP contribution in [0.3, 0.4) is 0 Å². The minimum atomic E-state index is 0.377. The third kappa shape index (κ3) is 1.95. The Balaban J connectivity index is 1.93. The summed E-state index contributed by atoms with van der Waals surface area (Å²) in [5.74, 6) is 2.38. The summed E-state index contributed by atoms with van der Waals surface area (Å²) >= 11 is 1.59. The Labute approximate surface area is 124 Å². The van der Waals surface area contributed by atoms with E-state index in [1.165, 1.54) is 0 Å². The van der Waals surface area contributed by atoms with Gasteiger partial charge < -0.3 is 19.7 Å². The van der Waals surface area contributed by atoms with Gasteiger partial charge in [0.2, 0.25) is 0 Å². The number of nitrogens with two attached hydrogens (primary N) is 1. The predicted octanol–water partition coefficient (Wildman–Crippen LogP) is 3.42. The van der Waals surface area contributed by atoms with Crippen LogP contribution in [0.2, 0.25) is 0 Å². The van der Waals surface area contributed by atoms with Crippen LogP contribution < -0.4 is 15.2 Å². The summed E-state index contributed by atoms with van der Waals surface area (Å²) < 4.78 is 16.8. The van der Waals surface area contributed by atoms with Crippen LogP contribution in [0.15, 0.2) is 40.2 Å². The molecule has 6 heteroatoms. The zero-order valence-electron chi connectivity index (χ0n) is 11.0. The van der Waals surface area contributed by atoms with Crippen molar-refractivity contribution in [3.63, 3.8) is 0 Å². The summed E-state index contributed by atoms with van der Waals surface area (Å²) in [7, 11) is 0. The van der Waals surface area contributed by atoms with E-state index >= 15 is 0 Å². The summed E-state index contributed by atoms with van der Waals surface area (Å²) in [4.78, 5) is 1.01. The highest BCUT2D eigenvalue weighted by atomic mass is 32.1. The molecule has 2 aromatic heterocycles. The lowest BCUT2D eigenvalue weighted by Gasteiger charge is -2.20. The second-order valence-electron chi connectivity index (χ2n) is 4.58. The van der Waals surface area contributed by atoms with Crippen LogP contribution in [0.5, 0.6) is 11.5 Å². The summed E-state index contributed by atoms with van der Waals surface area (Å²) in [6.45, 7) is 1.06. The summed E-state index contributed by atoms with van der Waals surface area (Å²) in [6, 6.07) is 9.66. The molecule has 2 N–H and O–H groups in total. The largest absolute Gasteiger partial charge is 0.486 e. The lowest BCUT2D eigenvalue weighted by Crippen LogP contribution is -2.15. The smallest absolute Gasteiger partial charge is 0.181 e. The summed E-state index contributed by atoms with van der Waals surface area (Å²) in [6.07, 6.45) is 0. The highest BCUT2D eigenvalue weighted by molar-refractivity contribution is 7.13. The number of para-hydroxylation sites is 1. The van der Waals surface area contributed by atoms with Crippen LogP contribution in [0.25, 0.3) is 21.8 Å². The van der Waals surface area contributed by atoms with Crippen LogP contribution in [0.1, 0.15) is 0 Å². The topological polar surface area (TPSA) is 70.5 Å². The molecule has 0 saturated carbocycles. The zero-order valence-corrected chi connectivity index (χ0v) is 11.9. The van der Waals surface area contributed by atoms with Gasteiger partial charge in [0, 0.05) is 4.88 Å². The first kappa shape index (κ1) is 12.3. The first-order chi connectivity index (χ1) is 10.3. The molecule has 106 valence electrons. The Kier molecular flexibility index (Phi) is 2.82. The fourth-order valence-corrected chi connectivity index (χ4v) is 3.17. The molecule has 0 atom stereocenters. The lowest BCUT2D eigenvalue weighted by atomic mass is 10.1. The average molecular weight is 300 g/mol. The van der Waals surface area contributed by atoms with Gasteiger partial charge >= 0.3 is 0 Å². The molecule has 1 aliphatic heterocycles. The zero-order chi connectivity index (χ0) is 14.2. The molecule has 1 aliphatic rings. The molecule has 5 nitrogen and oxygen atoms in total.